The minimum absolute atomic E-state index is 0.0611. The molecule has 4 aromatic rings. The van der Waals surface area contributed by atoms with Crippen molar-refractivity contribution < 1.29 is 33.7 Å². The van der Waals surface area contributed by atoms with E-state index in [-0.39, 0.29) is 55.0 Å². The van der Waals surface area contributed by atoms with Crippen LogP contribution in [-0.4, -0.2) is 75.0 Å². The maximum Gasteiger partial charge on any atom is 0.414 e. The lowest BCUT2D eigenvalue weighted by Crippen LogP contribution is -2.52. The Balaban J connectivity index is 1.16. The van der Waals surface area contributed by atoms with Crippen molar-refractivity contribution in [3.05, 3.63) is 118 Å². The van der Waals surface area contributed by atoms with Crippen LogP contribution in [0.5, 0.6) is 5.75 Å². The Hall–Kier alpha value is -4.68. The van der Waals surface area contributed by atoms with Crippen LogP contribution in [-0.2, 0) is 44.2 Å². The zero-order valence-corrected chi connectivity index (χ0v) is 33.3. The summed E-state index contributed by atoms with van der Waals surface area (Å²) in [6.07, 6.45) is -0.338. The van der Waals surface area contributed by atoms with Crippen molar-refractivity contribution in [1.82, 2.24) is 4.90 Å². The van der Waals surface area contributed by atoms with Crippen molar-refractivity contribution in [3.63, 3.8) is 0 Å². The fourth-order valence-corrected chi connectivity index (χ4v) is 13.7. The smallest absolute Gasteiger partial charge is 0.414 e. The largest absolute Gasteiger partial charge is 0.497 e. The monoisotopic (exact) mass is 779 g/mol. The molecule has 3 amide bonds. The third-order valence-corrected chi connectivity index (χ3v) is 17.0. The Labute approximate surface area is 327 Å². The molecule has 0 unspecified atom stereocenters. The predicted molar refractivity (Wildman–Crippen MR) is 214 cm³/mol. The van der Waals surface area contributed by atoms with Gasteiger partial charge < -0.3 is 29.1 Å². The molecule has 2 saturated heterocycles. The second kappa shape index (κ2) is 14.4. The van der Waals surface area contributed by atoms with E-state index in [1.165, 1.54) is 5.19 Å². The Morgan fingerprint density at radius 3 is 2.40 bits per heavy atom. The highest BCUT2D eigenvalue weighted by atomic mass is 35.5. The van der Waals surface area contributed by atoms with Crippen molar-refractivity contribution in [2.75, 3.05) is 36.7 Å². The zero-order valence-electron chi connectivity index (χ0n) is 31.5. The SMILES string of the molecule is COc1ccc([Si](C)(C)[C@H]2[C@H](CC(=O)N3Cc4ccccc4C[C@H]3CO)O[C@@]3(C(=O)N(Cc4ccc(N5CCOC5=O)cc4)c4ccc(Cl)cc43)[C@@H]2C)cc1. The summed E-state index contributed by atoms with van der Waals surface area (Å²) in [5.74, 6) is 0.126. The van der Waals surface area contributed by atoms with Gasteiger partial charge in [0.1, 0.15) is 12.4 Å². The molecule has 0 bridgehead atoms. The predicted octanol–water partition coefficient (Wildman–Crippen LogP) is 6.40. The Morgan fingerprint density at radius 2 is 1.73 bits per heavy atom. The summed E-state index contributed by atoms with van der Waals surface area (Å²) < 4.78 is 17.8. The van der Waals surface area contributed by atoms with Crippen LogP contribution in [0.1, 0.15) is 35.6 Å². The molecule has 286 valence electrons. The normalized spacial score (nSPS) is 24.7. The number of hydrogen-bond acceptors (Lipinski definition) is 7. The molecule has 8 rings (SSSR count). The van der Waals surface area contributed by atoms with Gasteiger partial charge >= 0.3 is 6.09 Å². The van der Waals surface area contributed by atoms with E-state index >= 15 is 4.79 Å². The van der Waals surface area contributed by atoms with Gasteiger partial charge in [-0.3, -0.25) is 14.5 Å². The summed E-state index contributed by atoms with van der Waals surface area (Å²) >= 11 is 6.71. The molecule has 4 aromatic carbocycles. The maximum absolute atomic E-state index is 15.3. The number of fused-ring (bicyclic) bond motifs is 3. The summed E-state index contributed by atoms with van der Waals surface area (Å²) in [5.41, 5.74) is 3.69. The van der Waals surface area contributed by atoms with E-state index in [9.17, 15) is 14.7 Å². The van der Waals surface area contributed by atoms with Crippen molar-refractivity contribution >= 4 is 54.1 Å². The van der Waals surface area contributed by atoms with Gasteiger partial charge in [0.25, 0.3) is 5.91 Å². The first-order chi connectivity index (χ1) is 26.5. The number of amides is 3. The number of benzene rings is 4. The zero-order chi connectivity index (χ0) is 38.6. The summed E-state index contributed by atoms with van der Waals surface area (Å²) in [4.78, 5) is 47.1. The number of methoxy groups -OCH3 is 1. The molecule has 4 aliphatic heterocycles. The van der Waals surface area contributed by atoms with Gasteiger partial charge in [0.05, 0.1) is 59.1 Å². The molecule has 0 aliphatic carbocycles. The third kappa shape index (κ3) is 6.31. The fourth-order valence-electron chi connectivity index (χ4n) is 9.57. The molecule has 4 heterocycles. The number of carbonyl (C=O) groups excluding carboxylic acids is 3. The lowest BCUT2D eigenvalue weighted by atomic mass is 9.82. The number of ether oxygens (including phenoxy) is 3. The van der Waals surface area contributed by atoms with Crippen LogP contribution in [0.15, 0.2) is 91.0 Å². The number of aliphatic hydroxyl groups excluding tert-OH is 1. The quantitative estimate of drug-likeness (QED) is 0.196. The number of rotatable bonds is 9. The Bertz CT molecular complexity index is 2130. The molecule has 4 aliphatic rings. The highest BCUT2D eigenvalue weighted by molar-refractivity contribution is 6.91. The molecule has 2 fully saturated rings. The molecule has 10 nitrogen and oxygen atoms in total. The number of cyclic esters (lactones) is 1. The van der Waals surface area contributed by atoms with Gasteiger partial charge in [-0.15, -0.1) is 0 Å². The minimum Gasteiger partial charge on any atom is -0.497 e. The van der Waals surface area contributed by atoms with Crippen LogP contribution in [0.4, 0.5) is 16.2 Å². The molecule has 0 aromatic heterocycles. The van der Waals surface area contributed by atoms with Crippen LogP contribution >= 0.6 is 11.6 Å². The summed E-state index contributed by atoms with van der Waals surface area (Å²) in [5, 5.41) is 12.1. The highest BCUT2D eigenvalue weighted by Crippen LogP contribution is 2.60. The van der Waals surface area contributed by atoms with Crippen LogP contribution in [0.25, 0.3) is 0 Å². The van der Waals surface area contributed by atoms with Gasteiger partial charge in [-0.25, -0.2) is 4.79 Å². The number of hydrogen-bond donors (Lipinski definition) is 1. The standard InChI is InChI=1S/C43H46ClN3O7Si/c1-27-40(55(3,4)35-16-14-34(52-2)15-17-35)38(23-39(49)46-25-30-8-6-5-7-29(30)21-33(46)26-48)54-43(27)36-22-31(44)11-18-37(36)47(41(43)50)24-28-9-12-32(13-10-28)45-19-20-53-42(45)51/h5-18,22,27,33,38,40,48H,19-21,23-26H2,1-4H3/t27-,33+,38+,40-,43+/m1/s1. The molecular formula is C43H46ClN3O7Si. The number of nitrogens with zero attached hydrogens (tertiary/aromatic N) is 3. The van der Waals surface area contributed by atoms with Crippen LogP contribution in [0.3, 0.4) is 0 Å². The first kappa shape index (κ1) is 37.3. The lowest BCUT2D eigenvalue weighted by Gasteiger charge is -2.39. The van der Waals surface area contributed by atoms with E-state index in [4.69, 9.17) is 25.8 Å². The molecule has 12 heteroatoms. The van der Waals surface area contributed by atoms with E-state index in [1.54, 1.807) is 27.9 Å². The van der Waals surface area contributed by atoms with E-state index in [0.717, 1.165) is 33.8 Å². The van der Waals surface area contributed by atoms with Gasteiger partial charge in [-0.1, -0.05) is 85.3 Å². The van der Waals surface area contributed by atoms with Gasteiger partial charge in [-0.05, 0) is 71.1 Å². The average molecular weight is 780 g/mol. The van der Waals surface area contributed by atoms with Gasteiger partial charge in [-0.2, -0.15) is 0 Å². The lowest BCUT2D eigenvalue weighted by molar-refractivity contribution is -0.151. The van der Waals surface area contributed by atoms with Crippen LogP contribution < -0.4 is 19.7 Å². The second-order valence-electron chi connectivity index (χ2n) is 15.7. The Kier molecular flexibility index (Phi) is 9.77. The van der Waals surface area contributed by atoms with Crippen molar-refractivity contribution in [3.8, 4) is 5.75 Å². The molecule has 0 saturated carbocycles. The summed E-state index contributed by atoms with van der Waals surface area (Å²) in [6.45, 7) is 8.04. The number of aliphatic hydroxyl groups is 1. The van der Waals surface area contributed by atoms with Gasteiger partial charge in [0, 0.05) is 28.7 Å². The van der Waals surface area contributed by atoms with Crippen LogP contribution in [0, 0.1) is 5.92 Å². The first-order valence-corrected chi connectivity index (χ1v) is 22.4. The van der Waals surface area contributed by atoms with Crippen molar-refractivity contribution in [2.45, 2.75) is 69.2 Å². The molecule has 0 radical (unpaired) electrons. The third-order valence-electron chi connectivity index (χ3n) is 12.4. The maximum atomic E-state index is 15.3. The Morgan fingerprint density at radius 1 is 1.00 bits per heavy atom. The first-order valence-electron chi connectivity index (χ1n) is 18.9. The summed E-state index contributed by atoms with van der Waals surface area (Å²) in [7, 11) is -0.888. The topological polar surface area (TPSA) is 109 Å². The number of anilines is 2. The minimum atomic E-state index is -2.53. The number of halogens is 1. The molecule has 55 heavy (non-hydrogen) atoms. The average Bonchev–Trinajstić information content (AvgIpc) is 3.82. The molecule has 1 N–H and O–H groups in total. The second-order valence-corrected chi connectivity index (χ2v) is 20.8. The van der Waals surface area contributed by atoms with Gasteiger partial charge in [0.2, 0.25) is 5.91 Å². The summed E-state index contributed by atoms with van der Waals surface area (Å²) in [6, 6.07) is 28.9. The fraction of sp³-hybridized carbons (Fsp3) is 0.372. The van der Waals surface area contributed by atoms with Crippen molar-refractivity contribution in [1.29, 1.82) is 0 Å². The van der Waals surface area contributed by atoms with Gasteiger partial charge in [0.15, 0.2) is 5.60 Å². The van der Waals surface area contributed by atoms with Crippen LogP contribution in [0.2, 0.25) is 23.7 Å². The highest BCUT2D eigenvalue weighted by Gasteiger charge is 2.66. The molecule has 5 atom stereocenters. The number of carbonyl (C=O) groups is 3. The van der Waals surface area contributed by atoms with E-state index in [0.29, 0.717) is 36.7 Å². The van der Waals surface area contributed by atoms with E-state index in [2.05, 4.69) is 38.2 Å². The van der Waals surface area contributed by atoms with E-state index < -0.39 is 19.8 Å². The molecule has 1 spiro atoms. The molecular weight excluding hydrogens is 734 g/mol. The van der Waals surface area contributed by atoms with E-state index in [1.807, 2.05) is 66.7 Å². The van der Waals surface area contributed by atoms with Crippen molar-refractivity contribution in [2.24, 2.45) is 5.92 Å².